The van der Waals surface area contributed by atoms with Crippen LogP contribution < -0.4 is 10.5 Å². The Morgan fingerprint density at radius 3 is 2.38 bits per heavy atom. The third-order valence-electron chi connectivity index (χ3n) is 2.98. The Kier molecular flexibility index (Phi) is 3.87. The zero-order chi connectivity index (χ0) is 15.8. The molecule has 0 unspecified atom stereocenters. The Hall–Kier alpha value is -2.15. The van der Waals surface area contributed by atoms with E-state index in [0.717, 1.165) is 11.6 Å². The van der Waals surface area contributed by atoms with Crippen LogP contribution in [0.1, 0.15) is 11.1 Å². The van der Waals surface area contributed by atoms with Gasteiger partial charge in [0.25, 0.3) is 10.0 Å². The monoisotopic (exact) mass is 312 g/mol. The number of rotatable bonds is 3. The lowest BCUT2D eigenvalue weighted by Crippen LogP contribution is -2.17. The summed E-state index contributed by atoms with van der Waals surface area (Å²) in [5.41, 5.74) is 5.87. The first-order valence-electron chi connectivity index (χ1n) is 6.06. The quantitative estimate of drug-likeness (QED) is 0.856. The molecule has 0 bridgehead atoms. The van der Waals surface area contributed by atoms with Crippen LogP contribution in [0, 0.1) is 25.5 Å². The van der Waals surface area contributed by atoms with Crippen molar-refractivity contribution >= 4 is 21.4 Å². The molecule has 0 saturated heterocycles. The molecule has 0 radical (unpaired) electrons. The van der Waals surface area contributed by atoms with Crippen molar-refractivity contribution in [3.8, 4) is 0 Å². The second-order valence-corrected chi connectivity index (χ2v) is 6.35. The maximum Gasteiger partial charge on any atom is 0.264 e. The van der Waals surface area contributed by atoms with Gasteiger partial charge in [0.05, 0.1) is 5.69 Å². The minimum absolute atomic E-state index is 0.0102. The molecule has 2 rings (SSSR count). The molecule has 0 aliphatic rings. The Bertz CT molecular complexity index is 805. The maximum absolute atomic E-state index is 13.9. The Morgan fingerprint density at radius 1 is 1.10 bits per heavy atom. The van der Waals surface area contributed by atoms with Gasteiger partial charge in [-0.1, -0.05) is 12.1 Å². The van der Waals surface area contributed by atoms with E-state index in [-0.39, 0.29) is 16.1 Å². The van der Waals surface area contributed by atoms with Gasteiger partial charge in [0.15, 0.2) is 5.82 Å². The molecule has 112 valence electrons. The second kappa shape index (κ2) is 5.33. The number of benzene rings is 2. The van der Waals surface area contributed by atoms with Gasteiger partial charge in [-0.3, -0.25) is 4.72 Å². The fourth-order valence-corrected chi connectivity index (χ4v) is 3.03. The van der Waals surface area contributed by atoms with E-state index in [1.165, 1.54) is 25.1 Å². The van der Waals surface area contributed by atoms with E-state index in [9.17, 15) is 17.2 Å². The van der Waals surface area contributed by atoms with Crippen molar-refractivity contribution in [3.05, 3.63) is 53.1 Å². The predicted molar refractivity (Wildman–Crippen MR) is 77.5 cm³/mol. The second-order valence-electron chi connectivity index (χ2n) is 4.70. The molecule has 0 fully saturated rings. The van der Waals surface area contributed by atoms with Crippen LogP contribution in [-0.2, 0) is 10.0 Å². The Labute approximate surface area is 121 Å². The van der Waals surface area contributed by atoms with Crippen molar-refractivity contribution in [2.75, 3.05) is 10.5 Å². The highest BCUT2D eigenvalue weighted by molar-refractivity contribution is 7.92. The summed E-state index contributed by atoms with van der Waals surface area (Å²) in [6, 6.07) is 6.53. The Balaban J connectivity index is 2.50. The van der Waals surface area contributed by atoms with E-state index in [4.69, 9.17) is 5.73 Å². The summed E-state index contributed by atoms with van der Waals surface area (Å²) in [4.78, 5) is -0.228. The van der Waals surface area contributed by atoms with Crippen LogP contribution in [0.4, 0.5) is 20.2 Å². The van der Waals surface area contributed by atoms with Gasteiger partial charge in [-0.05, 0) is 43.2 Å². The third-order valence-corrected chi connectivity index (χ3v) is 4.40. The largest absolute Gasteiger partial charge is 0.398 e. The van der Waals surface area contributed by atoms with Crippen molar-refractivity contribution in [1.82, 2.24) is 0 Å². The number of nitrogen functional groups attached to an aromatic ring is 1. The molecule has 7 heteroatoms. The molecular formula is C14H14F2N2O2S. The van der Waals surface area contributed by atoms with Crippen LogP contribution in [0.25, 0.3) is 0 Å². The molecule has 0 spiro atoms. The average Bonchev–Trinajstić information content (AvgIpc) is 2.39. The van der Waals surface area contributed by atoms with E-state index in [1.54, 1.807) is 13.0 Å². The first-order chi connectivity index (χ1) is 9.72. The topological polar surface area (TPSA) is 72.2 Å². The van der Waals surface area contributed by atoms with Crippen molar-refractivity contribution < 1.29 is 17.2 Å². The number of hydrogen-bond donors (Lipinski definition) is 2. The highest BCUT2D eigenvalue weighted by Gasteiger charge is 2.22. The molecule has 4 nitrogen and oxygen atoms in total. The lowest BCUT2D eigenvalue weighted by Gasteiger charge is -2.13. The normalized spacial score (nSPS) is 11.4. The molecule has 2 aromatic rings. The van der Waals surface area contributed by atoms with Crippen LogP contribution in [-0.4, -0.2) is 8.42 Å². The van der Waals surface area contributed by atoms with Crippen LogP contribution in [0.5, 0.6) is 0 Å². The van der Waals surface area contributed by atoms with Crippen molar-refractivity contribution in [1.29, 1.82) is 0 Å². The summed E-state index contributed by atoms with van der Waals surface area (Å²) in [6.45, 7) is 3.16. The van der Waals surface area contributed by atoms with E-state index in [2.05, 4.69) is 0 Å². The van der Waals surface area contributed by atoms with Gasteiger partial charge in [0, 0.05) is 0 Å². The zero-order valence-electron chi connectivity index (χ0n) is 11.4. The molecule has 0 heterocycles. The molecule has 0 aliphatic carbocycles. The number of halogens is 2. The number of anilines is 2. The number of hydrogen-bond acceptors (Lipinski definition) is 3. The van der Waals surface area contributed by atoms with Gasteiger partial charge in [-0.25, -0.2) is 17.2 Å². The molecular weight excluding hydrogens is 298 g/mol. The number of sulfonamides is 1. The standard InChI is InChI=1S/C14H14F2N2O2S/c1-8-3-6-12(11(17)7-8)21(19,20)18-14-10(15)5-4-9(2)13(14)16/h3-7,18H,17H2,1-2H3. The minimum Gasteiger partial charge on any atom is -0.398 e. The molecule has 0 aliphatic heterocycles. The highest BCUT2D eigenvalue weighted by atomic mass is 32.2. The zero-order valence-corrected chi connectivity index (χ0v) is 12.3. The lowest BCUT2D eigenvalue weighted by atomic mass is 10.2. The number of aryl methyl sites for hydroxylation is 2. The van der Waals surface area contributed by atoms with Gasteiger partial charge < -0.3 is 5.73 Å². The maximum atomic E-state index is 13.9. The summed E-state index contributed by atoms with van der Waals surface area (Å²) < 4.78 is 53.9. The van der Waals surface area contributed by atoms with E-state index in [1.807, 2.05) is 4.72 Å². The summed E-state index contributed by atoms with van der Waals surface area (Å²) in [5.74, 6) is -1.95. The van der Waals surface area contributed by atoms with Crippen LogP contribution in [0.2, 0.25) is 0 Å². The van der Waals surface area contributed by atoms with Gasteiger partial charge >= 0.3 is 0 Å². The fraction of sp³-hybridized carbons (Fsp3) is 0.143. The summed E-state index contributed by atoms with van der Waals surface area (Å²) in [7, 11) is -4.18. The first kappa shape index (κ1) is 15.2. The van der Waals surface area contributed by atoms with E-state index in [0.29, 0.717) is 0 Å². The minimum atomic E-state index is -4.18. The van der Waals surface area contributed by atoms with Crippen LogP contribution in [0.3, 0.4) is 0 Å². The van der Waals surface area contributed by atoms with Crippen LogP contribution >= 0.6 is 0 Å². The van der Waals surface area contributed by atoms with Gasteiger partial charge in [-0.15, -0.1) is 0 Å². The SMILES string of the molecule is Cc1ccc(S(=O)(=O)Nc2c(F)ccc(C)c2F)c(N)c1. The van der Waals surface area contributed by atoms with Crippen LogP contribution in [0.15, 0.2) is 35.2 Å². The predicted octanol–water partition coefficient (Wildman–Crippen LogP) is 2.96. The smallest absolute Gasteiger partial charge is 0.264 e. The Morgan fingerprint density at radius 2 is 1.76 bits per heavy atom. The first-order valence-corrected chi connectivity index (χ1v) is 7.54. The highest BCUT2D eigenvalue weighted by Crippen LogP contribution is 2.27. The molecule has 3 N–H and O–H groups in total. The van der Waals surface area contributed by atoms with Crippen molar-refractivity contribution in [2.45, 2.75) is 18.7 Å². The van der Waals surface area contributed by atoms with Crippen molar-refractivity contribution in [3.63, 3.8) is 0 Å². The molecule has 2 aromatic carbocycles. The average molecular weight is 312 g/mol. The third kappa shape index (κ3) is 2.97. The molecule has 21 heavy (non-hydrogen) atoms. The van der Waals surface area contributed by atoms with Gasteiger partial charge in [-0.2, -0.15) is 0 Å². The lowest BCUT2D eigenvalue weighted by molar-refractivity contribution is 0.579. The molecule has 0 amide bonds. The molecule has 0 atom stereocenters. The number of nitrogens with two attached hydrogens (primary N) is 1. The molecule has 0 aromatic heterocycles. The number of nitrogens with one attached hydrogen (secondary N) is 1. The summed E-state index contributed by atoms with van der Waals surface area (Å²) in [6.07, 6.45) is 0. The van der Waals surface area contributed by atoms with E-state index >= 15 is 0 Å². The van der Waals surface area contributed by atoms with Gasteiger partial charge in [0.2, 0.25) is 0 Å². The van der Waals surface area contributed by atoms with Crippen molar-refractivity contribution in [2.24, 2.45) is 0 Å². The van der Waals surface area contributed by atoms with Gasteiger partial charge in [0.1, 0.15) is 16.4 Å². The molecule has 0 saturated carbocycles. The van der Waals surface area contributed by atoms with E-state index < -0.39 is 27.3 Å². The fourth-order valence-electron chi connectivity index (χ4n) is 1.85. The summed E-state index contributed by atoms with van der Waals surface area (Å²) >= 11 is 0. The summed E-state index contributed by atoms with van der Waals surface area (Å²) in [5, 5.41) is 0.